The number of benzene rings is 1. The van der Waals surface area contributed by atoms with Gasteiger partial charge in [-0.3, -0.25) is 0 Å². The molecule has 0 bridgehead atoms. The minimum absolute atomic E-state index is 0.208. The van der Waals surface area contributed by atoms with Gasteiger partial charge in [0.05, 0.1) is 17.5 Å². The zero-order chi connectivity index (χ0) is 15.3. The van der Waals surface area contributed by atoms with E-state index in [-0.39, 0.29) is 4.90 Å². The van der Waals surface area contributed by atoms with Gasteiger partial charge in [-0.05, 0) is 43.5 Å². The molecule has 2 rings (SSSR count). The Hall–Kier alpha value is -1.40. The van der Waals surface area contributed by atoms with Crippen molar-refractivity contribution in [3.8, 4) is 5.75 Å². The molecule has 1 aliphatic heterocycles. The van der Waals surface area contributed by atoms with Gasteiger partial charge in [-0.25, -0.2) is 8.42 Å². The van der Waals surface area contributed by atoms with Crippen LogP contribution in [-0.2, 0) is 14.8 Å². The maximum absolute atomic E-state index is 12.6. The van der Waals surface area contributed by atoms with Crippen molar-refractivity contribution in [2.75, 3.05) is 13.2 Å². The predicted molar refractivity (Wildman–Crippen MR) is 79.8 cm³/mol. The highest BCUT2D eigenvalue weighted by molar-refractivity contribution is 7.89. The smallest absolute Gasteiger partial charge is 0.243 e. The summed E-state index contributed by atoms with van der Waals surface area (Å²) in [5.41, 5.74) is 0. The quantitative estimate of drug-likeness (QED) is 0.756. The van der Waals surface area contributed by atoms with E-state index in [0.717, 1.165) is 25.5 Å². The molecule has 0 aromatic heterocycles. The molecule has 1 heterocycles. The van der Waals surface area contributed by atoms with Crippen LogP contribution >= 0.6 is 0 Å². The minimum atomic E-state index is -3.61. The molecule has 0 radical (unpaired) electrons. The van der Waals surface area contributed by atoms with E-state index in [9.17, 15) is 13.2 Å². The molecule has 1 aliphatic rings. The second kappa shape index (κ2) is 7.04. The van der Waals surface area contributed by atoms with Gasteiger partial charge in [-0.1, -0.05) is 13.3 Å². The van der Waals surface area contributed by atoms with Crippen LogP contribution in [-0.4, -0.2) is 38.2 Å². The molecule has 0 spiro atoms. The van der Waals surface area contributed by atoms with Crippen molar-refractivity contribution in [1.29, 1.82) is 0 Å². The van der Waals surface area contributed by atoms with Gasteiger partial charge in [0.1, 0.15) is 12.0 Å². The number of carbonyl (C=O) groups excluding carboxylic acids is 1. The number of piperidine rings is 1. The molecular formula is C15H21NO4S. The first kappa shape index (κ1) is 16.0. The van der Waals surface area contributed by atoms with Gasteiger partial charge in [0, 0.05) is 6.54 Å². The minimum Gasteiger partial charge on any atom is -0.494 e. The first-order chi connectivity index (χ1) is 10.1. The highest BCUT2D eigenvalue weighted by Gasteiger charge is 2.33. The van der Waals surface area contributed by atoms with Crippen LogP contribution in [0.25, 0.3) is 0 Å². The molecule has 21 heavy (non-hydrogen) atoms. The number of sulfonamides is 1. The highest BCUT2D eigenvalue weighted by atomic mass is 32.2. The second-order valence-electron chi connectivity index (χ2n) is 5.13. The number of hydrogen-bond donors (Lipinski definition) is 0. The van der Waals surface area contributed by atoms with Crippen LogP contribution in [0.4, 0.5) is 0 Å². The largest absolute Gasteiger partial charge is 0.494 e. The van der Waals surface area contributed by atoms with Gasteiger partial charge < -0.3 is 9.53 Å². The molecule has 116 valence electrons. The molecule has 1 aromatic carbocycles. The topological polar surface area (TPSA) is 63.7 Å². The summed E-state index contributed by atoms with van der Waals surface area (Å²) in [6.45, 7) is 3.01. The van der Waals surface area contributed by atoms with Crippen molar-refractivity contribution in [3.05, 3.63) is 24.3 Å². The van der Waals surface area contributed by atoms with Crippen LogP contribution in [0, 0.1) is 0 Å². The molecule has 1 atom stereocenters. The summed E-state index contributed by atoms with van der Waals surface area (Å²) in [4.78, 5) is 11.3. The third-order valence-electron chi connectivity index (χ3n) is 3.56. The molecule has 1 saturated heterocycles. The van der Waals surface area contributed by atoms with Gasteiger partial charge in [0.25, 0.3) is 0 Å². The lowest BCUT2D eigenvalue weighted by Crippen LogP contribution is -2.44. The van der Waals surface area contributed by atoms with Crippen molar-refractivity contribution in [1.82, 2.24) is 4.31 Å². The van der Waals surface area contributed by atoms with Crippen LogP contribution in [0.1, 0.15) is 32.6 Å². The normalized spacial score (nSPS) is 20.1. The van der Waals surface area contributed by atoms with Gasteiger partial charge >= 0.3 is 0 Å². The number of nitrogens with zero attached hydrogens (tertiary/aromatic N) is 1. The Morgan fingerprint density at radius 1 is 1.29 bits per heavy atom. The fourth-order valence-electron chi connectivity index (χ4n) is 2.43. The summed E-state index contributed by atoms with van der Waals surface area (Å²) in [5, 5.41) is 0. The lowest BCUT2D eigenvalue weighted by molar-refractivity contribution is -0.111. The van der Waals surface area contributed by atoms with E-state index in [4.69, 9.17) is 4.74 Å². The third kappa shape index (κ3) is 3.63. The van der Waals surface area contributed by atoms with Crippen molar-refractivity contribution in [3.63, 3.8) is 0 Å². The van der Waals surface area contributed by atoms with E-state index in [1.54, 1.807) is 12.1 Å². The first-order valence-electron chi connectivity index (χ1n) is 7.29. The van der Waals surface area contributed by atoms with Crippen molar-refractivity contribution < 1.29 is 17.9 Å². The zero-order valence-corrected chi connectivity index (χ0v) is 13.0. The Kier molecular flexibility index (Phi) is 5.36. The number of carbonyl (C=O) groups is 1. The van der Waals surface area contributed by atoms with Crippen molar-refractivity contribution >= 4 is 16.3 Å². The molecule has 1 unspecified atom stereocenters. The van der Waals surface area contributed by atoms with Crippen molar-refractivity contribution in [2.45, 2.75) is 43.5 Å². The number of rotatable bonds is 6. The first-order valence-corrected chi connectivity index (χ1v) is 8.73. The molecular weight excluding hydrogens is 290 g/mol. The summed E-state index contributed by atoms with van der Waals surface area (Å²) in [6, 6.07) is 5.85. The van der Waals surface area contributed by atoms with Crippen LogP contribution in [0.15, 0.2) is 29.2 Å². The predicted octanol–water partition coefficient (Wildman–Crippen LogP) is 2.22. The lowest BCUT2D eigenvalue weighted by Gasteiger charge is -2.31. The molecule has 0 aliphatic carbocycles. The average molecular weight is 311 g/mol. The Morgan fingerprint density at radius 3 is 2.62 bits per heavy atom. The Labute approximate surface area is 126 Å². The highest BCUT2D eigenvalue weighted by Crippen LogP contribution is 2.25. The molecule has 5 nitrogen and oxygen atoms in total. The molecule has 6 heteroatoms. The Balaban J connectivity index is 2.20. The van der Waals surface area contributed by atoms with Gasteiger partial charge in [0.15, 0.2) is 0 Å². The Morgan fingerprint density at radius 2 is 2.00 bits per heavy atom. The molecule has 0 amide bonds. The third-order valence-corrected chi connectivity index (χ3v) is 5.50. The van der Waals surface area contributed by atoms with Crippen LogP contribution < -0.4 is 4.74 Å². The number of hydrogen-bond acceptors (Lipinski definition) is 4. The van der Waals surface area contributed by atoms with E-state index in [1.165, 1.54) is 16.4 Å². The molecule has 1 fully saturated rings. The Bertz CT molecular complexity index is 568. The summed E-state index contributed by atoms with van der Waals surface area (Å²) in [5.74, 6) is 0.654. The summed E-state index contributed by atoms with van der Waals surface area (Å²) in [7, 11) is -3.61. The van der Waals surface area contributed by atoms with Gasteiger partial charge in [0.2, 0.25) is 10.0 Å². The van der Waals surface area contributed by atoms with E-state index >= 15 is 0 Å². The van der Waals surface area contributed by atoms with Crippen molar-refractivity contribution in [2.24, 2.45) is 0 Å². The fraction of sp³-hybridized carbons (Fsp3) is 0.533. The monoisotopic (exact) mass is 311 g/mol. The van der Waals surface area contributed by atoms with E-state index in [0.29, 0.717) is 25.3 Å². The molecule has 0 saturated carbocycles. The van der Waals surface area contributed by atoms with Crippen LogP contribution in [0.5, 0.6) is 5.75 Å². The van der Waals surface area contributed by atoms with Gasteiger partial charge in [-0.2, -0.15) is 4.31 Å². The maximum Gasteiger partial charge on any atom is 0.243 e. The van der Waals surface area contributed by atoms with Crippen LogP contribution in [0.3, 0.4) is 0 Å². The second-order valence-corrected chi connectivity index (χ2v) is 7.03. The fourth-order valence-corrected chi connectivity index (χ4v) is 4.06. The molecule has 1 aromatic rings. The van der Waals surface area contributed by atoms with Crippen LogP contribution in [0.2, 0.25) is 0 Å². The average Bonchev–Trinajstić information content (AvgIpc) is 2.53. The maximum atomic E-state index is 12.6. The zero-order valence-electron chi connectivity index (χ0n) is 12.2. The number of aldehydes is 1. The molecule has 0 N–H and O–H groups in total. The summed E-state index contributed by atoms with van der Waals surface area (Å²) >= 11 is 0. The van der Waals surface area contributed by atoms with Gasteiger partial charge in [-0.15, -0.1) is 0 Å². The van der Waals surface area contributed by atoms with E-state index < -0.39 is 16.1 Å². The van der Waals surface area contributed by atoms with E-state index in [2.05, 4.69) is 0 Å². The summed E-state index contributed by atoms with van der Waals surface area (Å²) in [6.07, 6.45) is 3.91. The SMILES string of the molecule is CCCOc1ccc(S(=O)(=O)N2CCCCC2C=O)cc1. The van der Waals surface area contributed by atoms with E-state index in [1.807, 2.05) is 6.92 Å². The number of ether oxygens (including phenoxy) is 1. The summed E-state index contributed by atoms with van der Waals surface area (Å²) < 4.78 is 32.0. The lowest BCUT2D eigenvalue weighted by atomic mass is 10.1. The standard InChI is InChI=1S/C15H21NO4S/c1-2-11-20-14-6-8-15(9-7-14)21(18,19)16-10-4-3-5-13(16)12-17/h6-9,12-13H,2-5,10-11H2,1H3.